The van der Waals surface area contributed by atoms with E-state index in [9.17, 15) is 0 Å². The van der Waals surface area contributed by atoms with Crippen molar-refractivity contribution in [1.82, 2.24) is 0 Å². The van der Waals surface area contributed by atoms with Crippen LogP contribution in [0.3, 0.4) is 0 Å². The minimum absolute atomic E-state index is 0.376. The minimum Gasteiger partial charge on any atom is -0.399 e. The Morgan fingerprint density at radius 1 is 1.27 bits per heavy atom. The highest BCUT2D eigenvalue weighted by molar-refractivity contribution is 5.59. The van der Waals surface area contributed by atoms with Crippen LogP contribution < -0.4 is 11.1 Å². The molecule has 0 aliphatic carbocycles. The zero-order valence-electron chi connectivity index (χ0n) is 10.2. The first-order valence-electron chi connectivity index (χ1n) is 5.48. The number of nitrogens with two attached hydrogens (primary N) is 1. The molecule has 1 aromatic carbocycles. The third kappa shape index (κ3) is 4.24. The van der Waals surface area contributed by atoms with E-state index in [1.165, 1.54) is 5.56 Å². The average molecular weight is 206 g/mol. The molecule has 0 spiro atoms. The Balaban J connectivity index is 2.54. The van der Waals surface area contributed by atoms with Gasteiger partial charge in [-0.15, -0.1) is 0 Å². The molecule has 2 nitrogen and oxygen atoms in total. The molecular formula is C13H22N2. The van der Waals surface area contributed by atoms with Crippen LogP contribution in [-0.4, -0.2) is 6.54 Å². The van der Waals surface area contributed by atoms with Gasteiger partial charge in [-0.3, -0.25) is 0 Å². The molecule has 0 fully saturated rings. The summed E-state index contributed by atoms with van der Waals surface area (Å²) < 4.78 is 0. The SMILES string of the molecule is Cc1ccc(N)cc1NCCC(C)(C)C. The maximum Gasteiger partial charge on any atom is 0.0390 e. The summed E-state index contributed by atoms with van der Waals surface area (Å²) in [4.78, 5) is 0. The van der Waals surface area contributed by atoms with Gasteiger partial charge in [0.15, 0.2) is 0 Å². The van der Waals surface area contributed by atoms with Gasteiger partial charge in [-0.1, -0.05) is 26.8 Å². The number of nitrogen functional groups attached to an aromatic ring is 1. The van der Waals surface area contributed by atoms with Gasteiger partial charge >= 0.3 is 0 Å². The van der Waals surface area contributed by atoms with Gasteiger partial charge in [0.25, 0.3) is 0 Å². The van der Waals surface area contributed by atoms with Crippen molar-refractivity contribution in [3.63, 3.8) is 0 Å². The molecular weight excluding hydrogens is 184 g/mol. The summed E-state index contributed by atoms with van der Waals surface area (Å²) in [5.74, 6) is 0. The van der Waals surface area contributed by atoms with Crippen LogP contribution in [0.5, 0.6) is 0 Å². The van der Waals surface area contributed by atoms with Crippen molar-refractivity contribution < 1.29 is 0 Å². The van der Waals surface area contributed by atoms with Crippen LogP contribution in [0.4, 0.5) is 11.4 Å². The first-order valence-corrected chi connectivity index (χ1v) is 5.48. The second-order valence-corrected chi connectivity index (χ2v) is 5.31. The molecule has 0 heterocycles. The van der Waals surface area contributed by atoms with Crippen molar-refractivity contribution in [2.45, 2.75) is 34.1 Å². The van der Waals surface area contributed by atoms with Crippen molar-refractivity contribution in [3.05, 3.63) is 23.8 Å². The molecule has 0 atom stereocenters. The first-order chi connectivity index (χ1) is 6.88. The lowest BCUT2D eigenvalue weighted by atomic mass is 9.92. The van der Waals surface area contributed by atoms with E-state index in [2.05, 4.69) is 39.1 Å². The first kappa shape index (κ1) is 11.9. The molecule has 1 rings (SSSR count). The van der Waals surface area contributed by atoms with Gasteiger partial charge in [-0.2, -0.15) is 0 Å². The van der Waals surface area contributed by atoms with Crippen LogP contribution in [-0.2, 0) is 0 Å². The van der Waals surface area contributed by atoms with Gasteiger partial charge < -0.3 is 11.1 Å². The smallest absolute Gasteiger partial charge is 0.0390 e. The predicted molar refractivity (Wildman–Crippen MR) is 68.2 cm³/mol. The maximum atomic E-state index is 5.75. The van der Waals surface area contributed by atoms with Crippen molar-refractivity contribution in [1.29, 1.82) is 0 Å². The normalized spacial score (nSPS) is 11.5. The lowest BCUT2D eigenvalue weighted by Gasteiger charge is -2.19. The van der Waals surface area contributed by atoms with E-state index in [1.54, 1.807) is 0 Å². The summed E-state index contributed by atoms with van der Waals surface area (Å²) in [5.41, 5.74) is 9.34. The molecule has 15 heavy (non-hydrogen) atoms. The lowest BCUT2D eigenvalue weighted by Crippen LogP contribution is -2.13. The van der Waals surface area contributed by atoms with Gasteiger partial charge in [-0.25, -0.2) is 0 Å². The van der Waals surface area contributed by atoms with Crippen LogP contribution in [0, 0.1) is 12.3 Å². The standard InChI is InChI=1S/C13H22N2/c1-10-5-6-11(14)9-12(10)15-8-7-13(2,3)4/h5-6,9,15H,7-8,14H2,1-4H3. The largest absolute Gasteiger partial charge is 0.399 e. The Labute approximate surface area is 92.9 Å². The Bertz CT molecular complexity index is 324. The molecule has 0 radical (unpaired) electrons. The molecule has 84 valence electrons. The third-order valence-electron chi connectivity index (χ3n) is 2.45. The van der Waals surface area contributed by atoms with E-state index in [1.807, 2.05) is 12.1 Å². The highest BCUT2D eigenvalue weighted by Crippen LogP contribution is 2.21. The number of hydrogen-bond donors (Lipinski definition) is 2. The number of benzene rings is 1. The Kier molecular flexibility index (Phi) is 3.61. The fourth-order valence-electron chi connectivity index (χ4n) is 1.40. The quantitative estimate of drug-likeness (QED) is 0.744. The molecule has 0 amide bonds. The van der Waals surface area contributed by atoms with Gasteiger partial charge in [0, 0.05) is 17.9 Å². The Morgan fingerprint density at radius 3 is 2.53 bits per heavy atom. The Morgan fingerprint density at radius 2 is 1.93 bits per heavy atom. The number of anilines is 2. The van der Waals surface area contributed by atoms with E-state index in [0.717, 1.165) is 24.3 Å². The van der Waals surface area contributed by atoms with Gasteiger partial charge in [-0.05, 0) is 36.5 Å². The molecule has 1 aromatic rings. The fourth-order valence-corrected chi connectivity index (χ4v) is 1.40. The van der Waals surface area contributed by atoms with Gasteiger partial charge in [0.05, 0.1) is 0 Å². The third-order valence-corrected chi connectivity index (χ3v) is 2.45. The van der Waals surface area contributed by atoms with Crippen molar-refractivity contribution in [3.8, 4) is 0 Å². The molecule has 0 unspecified atom stereocenters. The van der Waals surface area contributed by atoms with E-state index < -0.39 is 0 Å². The molecule has 0 aromatic heterocycles. The maximum absolute atomic E-state index is 5.75. The molecule has 2 heteroatoms. The summed E-state index contributed by atoms with van der Waals surface area (Å²) in [6.45, 7) is 9.84. The van der Waals surface area contributed by atoms with Gasteiger partial charge in [0.2, 0.25) is 0 Å². The zero-order valence-corrected chi connectivity index (χ0v) is 10.2. The van der Waals surface area contributed by atoms with E-state index >= 15 is 0 Å². The summed E-state index contributed by atoms with van der Waals surface area (Å²) in [7, 11) is 0. The number of aryl methyl sites for hydroxylation is 1. The molecule has 3 N–H and O–H groups in total. The monoisotopic (exact) mass is 206 g/mol. The van der Waals surface area contributed by atoms with Crippen molar-refractivity contribution in [2.24, 2.45) is 5.41 Å². The van der Waals surface area contributed by atoms with Crippen molar-refractivity contribution in [2.75, 3.05) is 17.6 Å². The highest BCUT2D eigenvalue weighted by Gasteiger charge is 2.09. The van der Waals surface area contributed by atoms with Crippen LogP contribution in [0.1, 0.15) is 32.8 Å². The van der Waals surface area contributed by atoms with Crippen LogP contribution in [0.25, 0.3) is 0 Å². The van der Waals surface area contributed by atoms with Crippen LogP contribution >= 0.6 is 0 Å². The fraction of sp³-hybridized carbons (Fsp3) is 0.538. The van der Waals surface area contributed by atoms with Crippen LogP contribution in [0.15, 0.2) is 18.2 Å². The van der Waals surface area contributed by atoms with E-state index in [0.29, 0.717) is 5.41 Å². The second-order valence-electron chi connectivity index (χ2n) is 5.31. The summed E-state index contributed by atoms with van der Waals surface area (Å²) in [6.07, 6.45) is 1.15. The van der Waals surface area contributed by atoms with E-state index in [-0.39, 0.29) is 0 Å². The average Bonchev–Trinajstić information content (AvgIpc) is 2.09. The molecule has 0 saturated carbocycles. The lowest BCUT2D eigenvalue weighted by molar-refractivity contribution is 0.390. The van der Waals surface area contributed by atoms with E-state index in [4.69, 9.17) is 5.73 Å². The number of nitrogens with one attached hydrogen (secondary N) is 1. The topological polar surface area (TPSA) is 38.0 Å². The molecule has 0 aliphatic heterocycles. The summed E-state index contributed by atoms with van der Waals surface area (Å²) in [5, 5.41) is 3.43. The zero-order chi connectivity index (χ0) is 11.5. The molecule has 0 bridgehead atoms. The van der Waals surface area contributed by atoms with Crippen molar-refractivity contribution >= 4 is 11.4 Å². The molecule has 0 saturated heterocycles. The number of rotatable bonds is 3. The van der Waals surface area contributed by atoms with Gasteiger partial charge in [0.1, 0.15) is 0 Å². The highest BCUT2D eigenvalue weighted by atomic mass is 14.9. The molecule has 0 aliphatic rings. The Hall–Kier alpha value is -1.18. The second kappa shape index (κ2) is 4.56. The minimum atomic E-state index is 0.376. The van der Waals surface area contributed by atoms with Crippen LogP contribution in [0.2, 0.25) is 0 Å². The summed E-state index contributed by atoms with van der Waals surface area (Å²) in [6, 6.07) is 5.98. The summed E-state index contributed by atoms with van der Waals surface area (Å²) >= 11 is 0. The number of hydrogen-bond acceptors (Lipinski definition) is 2. The predicted octanol–water partition coefficient (Wildman–Crippen LogP) is 3.43.